The second-order valence-electron chi connectivity index (χ2n) is 6.28. The standard InChI is InChI=1S/C15H25N3O/c1-11-9-17-6-4-3-5-14(17)10-18(11)15(19)12(2)13-7-16-8-13/h11,14,16H,3-10H2,1-2H3. The van der Waals surface area contributed by atoms with Crippen LogP contribution in [0.3, 0.4) is 0 Å². The van der Waals surface area contributed by atoms with Crippen molar-refractivity contribution in [2.45, 2.75) is 45.2 Å². The van der Waals surface area contributed by atoms with Crippen molar-refractivity contribution in [3.63, 3.8) is 0 Å². The molecule has 0 radical (unpaired) electrons. The van der Waals surface area contributed by atoms with Crippen LogP contribution in [0.25, 0.3) is 0 Å². The van der Waals surface area contributed by atoms with Gasteiger partial charge in [0.2, 0.25) is 5.91 Å². The molecular weight excluding hydrogens is 238 g/mol. The van der Waals surface area contributed by atoms with Gasteiger partial charge >= 0.3 is 0 Å². The van der Waals surface area contributed by atoms with Crippen LogP contribution in [0.5, 0.6) is 0 Å². The topological polar surface area (TPSA) is 35.6 Å². The fourth-order valence-electron chi connectivity index (χ4n) is 3.52. The number of carbonyl (C=O) groups is 1. The van der Waals surface area contributed by atoms with Gasteiger partial charge in [-0.3, -0.25) is 9.69 Å². The van der Waals surface area contributed by atoms with Crippen molar-refractivity contribution in [1.29, 1.82) is 0 Å². The molecule has 3 aliphatic rings. The number of carbonyl (C=O) groups excluding carboxylic acids is 1. The quantitative estimate of drug-likeness (QED) is 0.717. The van der Waals surface area contributed by atoms with Gasteiger partial charge in [-0.05, 0) is 38.8 Å². The van der Waals surface area contributed by atoms with Crippen molar-refractivity contribution >= 4 is 5.91 Å². The number of nitrogens with one attached hydrogen (secondary N) is 1. The fourth-order valence-corrected chi connectivity index (χ4v) is 3.52. The smallest absolute Gasteiger partial charge is 0.249 e. The molecule has 3 rings (SSSR count). The van der Waals surface area contributed by atoms with Gasteiger partial charge in [0.25, 0.3) is 0 Å². The van der Waals surface area contributed by atoms with Crippen LogP contribution < -0.4 is 5.32 Å². The normalized spacial score (nSPS) is 31.7. The van der Waals surface area contributed by atoms with Gasteiger partial charge in [-0.1, -0.05) is 6.42 Å². The number of nitrogens with zero attached hydrogens (tertiary/aromatic N) is 2. The van der Waals surface area contributed by atoms with Gasteiger partial charge in [-0.25, -0.2) is 0 Å². The molecule has 0 spiro atoms. The van der Waals surface area contributed by atoms with E-state index in [2.05, 4.69) is 22.0 Å². The van der Waals surface area contributed by atoms with Crippen molar-refractivity contribution in [2.75, 3.05) is 32.7 Å². The molecule has 2 unspecified atom stereocenters. The second kappa shape index (κ2) is 5.25. The zero-order chi connectivity index (χ0) is 13.4. The van der Waals surface area contributed by atoms with Crippen molar-refractivity contribution < 1.29 is 4.79 Å². The van der Waals surface area contributed by atoms with Gasteiger partial charge < -0.3 is 10.2 Å². The number of rotatable bonds is 1. The van der Waals surface area contributed by atoms with E-state index in [-0.39, 0.29) is 5.91 Å². The molecule has 4 heteroatoms. The van der Waals surface area contributed by atoms with Crippen molar-refractivity contribution in [3.05, 3.63) is 11.1 Å². The SMILES string of the molecule is CC(C(=O)N1CC2CCCCN2CC1C)=C1CNC1. The second-order valence-corrected chi connectivity index (χ2v) is 6.28. The van der Waals surface area contributed by atoms with E-state index in [9.17, 15) is 4.79 Å². The number of fused-ring (bicyclic) bond motifs is 1. The Bertz CT molecular complexity index is 398. The molecule has 0 aromatic heterocycles. The zero-order valence-electron chi connectivity index (χ0n) is 12.1. The van der Waals surface area contributed by atoms with E-state index < -0.39 is 0 Å². The highest BCUT2D eigenvalue weighted by atomic mass is 16.2. The van der Waals surface area contributed by atoms with Crippen LogP contribution in [0.1, 0.15) is 33.1 Å². The predicted molar refractivity (Wildman–Crippen MR) is 76.0 cm³/mol. The van der Waals surface area contributed by atoms with E-state index in [1.54, 1.807) is 0 Å². The average molecular weight is 263 g/mol. The lowest BCUT2D eigenvalue weighted by Gasteiger charge is -2.47. The van der Waals surface area contributed by atoms with Crippen LogP contribution in [0.15, 0.2) is 11.1 Å². The summed E-state index contributed by atoms with van der Waals surface area (Å²) in [5, 5.41) is 3.22. The highest BCUT2D eigenvalue weighted by Crippen LogP contribution is 2.25. The van der Waals surface area contributed by atoms with E-state index in [4.69, 9.17) is 0 Å². The first-order valence-corrected chi connectivity index (χ1v) is 7.61. The maximum absolute atomic E-state index is 12.6. The van der Waals surface area contributed by atoms with E-state index in [0.717, 1.165) is 31.8 Å². The Morgan fingerprint density at radius 3 is 2.74 bits per heavy atom. The minimum Gasteiger partial charge on any atom is -0.333 e. The third kappa shape index (κ3) is 2.43. The molecule has 0 aromatic rings. The molecule has 4 nitrogen and oxygen atoms in total. The molecule has 3 fully saturated rings. The summed E-state index contributed by atoms with van der Waals surface area (Å²) >= 11 is 0. The predicted octanol–water partition coefficient (Wildman–Crippen LogP) is 0.991. The number of amides is 1. The molecule has 3 saturated heterocycles. The average Bonchev–Trinajstić information content (AvgIpc) is 2.35. The van der Waals surface area contributed by atoms with Crippen LogP contribution in [-0.2, 0) is 4.79 Å². The molecule has 2 atom stereocenters. The molecule has 0 aliphatic carbocycles. The summed E-state index contributed by atoms with van der Waals surface area (Å²) < 4.78 is 0. The highest BCUT2D eigenvalue weighted by molar-refractivity contribution is 5.94. The lowest BCUT2D eigenvalue weighted by atomic mass is 9.95. The molecular formula is C15H25N3O. The maximum atomic E-state index is 12.6. The molecule has 1 amide bonds. The lowest BCUT2D eigenvalue weighted by Crippen LogP contribution is -2.60. The molecule has 106 valence electrons. The summed E-state index contributed by atoms with van der Waals surface area (Å²) in [6.45, 7) is 9.19. The van der Waals surface area contributed by atoms with E-state index in [1.165, 1.54) is 31.4 Å². The number of piperazine rings is 1. The molecule has 1 N–H and O–H groups in total. The Kier molecular flexibility index (Phi) is 3.63. The molecule has 3 aliphatic heterocycles. The summed E-state index contributed by atoms with van der Waals surface area (Å²) in [6.07, 6.45) is 3.90. The molecule has 3 heterocycles. The Hall–Kier alpha value is -0.870. The summed E-state index contributed by atoms with van der Waals surface area (Å²) in [4.78, 5) is 17.3. The van der Waals surface area contributed by atoms with Crippen molar-refractivity contribution in [2.24, 2.45) is 0 Å². The number of piperidine rings is 1. The maximum Gasteiger partial charge on any atom is 0.249 e. The first kappa shape index (κ1) is 13.1. The van der Waals surface area contributed by atoms with Gasteiger partial charge in [0, 0.05) is 43.8 Å². The van der Waals surface area contributed by atoms with Gasteiger partial charge in [0.15, 0.2) is 0 Å². The van der Waals surface area contributed by atoms with Gasteiger partial charge in [-0.15, -0.1) is 0 Å². The molecule has 0 aromatic carbocycles. The summed E-state index contributed by atoms with van der Waals surface area (Å²) in [6, 6.07) is 0.955. The first-order valence-electron chi connectivity index (χ1n) is 7.61. The monoisotopic (exact) mass is 263 g/mol. The minimum absolute atomic E-state index is 0.272. The Labute approximate surface area is 115 Å². The number of hydrogen-bond acceptors (Lipinski definition) is 3. The minimum atomic E-state index is 0.272. The van der Waals surface area contributed by atoms with Crippen LogP contribution in [0, 0.1) is 0 Å². The lowest BCUT2D eigenvalue weighted by molar-refractivity contribution is -0.133. The Morgan fingerprint density at radius 2 is 2.05 bits per heavy atom. The van der Waals surface area contributed by atoms with Gasteiger partial charge in [0.1, 0.15) is 0 Å². The van der Waals surface area contributed by atoms with Gasteiger partial charge in [0.05, 0.1) is 0 Å². The van der Waals surface area contributed by atoms with E-state index in [1.807, 2.05) is 6.92 Å². The highest BCUT2D eigenvalue weighted by Gasteiger charge is 2.36. The largest absolute Gasteiger partial charge is 0.333 e. The van der Waals surface area contributed by atoms with E-state index >= 15 is 0 Å². The van der Waals surface area contributed by atoms with Crippen molar-refractivity contribution in [1.82, 2.24) is 15.1 Å². The zero-order valence-corrected chi connectivity index (χ0v) is 12.1. The Morgan fingerprint density at radius 1 is 1.26 bits per heavy atom. The molecule has 0 bridgehead atoms. The summed E-state index contributed by atoms with van der Waals surface area (Å²) in [5.74, 6) is 0.272. The first-order chi connectivity index (χ1) is 9.16. The van der Waals surface area contributed by atoms with E-state index in [0.29, 0.717) is 12.1 Å². The third-order valence-corrected chi connectivity index (χ3v) is 4.98. The molecule has 0 saturated carbocycles. The van der Waals surface area contributed by atoms with Crippen LogP contribution in [0.4, 0.5) is 0 Å². The summed E-state index contributed by atoms with van der Waals surface area (Å²) in [7, 11) is 0. The van der Waals surface area contributed by atoms with Crippen LogP contribution in [0.2, 0.25) is 0 Å². The fraction of sp³-hybridized carbons (Fsp3) is 0.800. The number of hydrogen-bond donors (Lipinski definition) is 1. The van der Waals surface area contributed by atoms with Crippen LogP contribution >= 0.6 is 0 Å². The van der Waals surface area contributed by atoms with Crippen LogP contribution in [-0.4, -0.2) is 60.5 Å². The van der Waals surface area contributed by atoms with Crippen molar-refractivity contribution in [3.8, 4) is 0 Å². The Balaban J connectivity index is 1.71. The molecule has 19 heavy (non-hydrogen) atoms. The summed E-state index contributed by atoms with van der Waals surface area (Å²) in [5.41, 5.74) is 2.28. The van der Waals surface area contributed by atoms with Gasteiger partial charge in [-0.2, -0.15) is 0 Å². The third-order valence-electron chi connectivity index (χ3n) is 4.98.